The molecule has 2 aliphatic rings. The Bertz CT molecular complexity index is 623. The molecule has 4 nitrogen and oxygen atoms in total. The lowest BCUT2D eigenvalue weighted by Gasteiger charge is -2.25. The van der Waals surface area contributed by atoms with E-state index in [1.165, 1.54) is 6.42 Å². The summed E-state index contributed by atoms with van der Waals surface area (Å²) in [5, 5.41) is 3.37. The Morgan fingerprint density at radius 1 is 1.38 bits per heavy atom. The van der Waals surface area contributed by atoms with E-state index in [2.05, 4.69) is 50.1 Å². The van der Waals surface area contributed by atoms with Crippen LogP contribution in [0.3, 0.4) is 0 Å². The second-order valence-corrected chi connectivity index (χ2v) is 7.09. The van der Waals surface area contributed by atoms with Crippen molar-refractivity contribution in [2.45, 2.75) is 25.9 Å². The van der Waals surface area contributed by atoms with Crippen LogP contribution in [0.1, 0.15) is 18.9 Å². The molecule has 6 heteroatoms. The number of guanidine groups is 1. The molecule has 1 unspecified atom stereocenters. The molecule has 0 aliphatic carbocycles. The highest BCUT2D eigenvalue weighted by Crippen LogP contribution is 2.19. The summed E-state index contributed by atoms with van der Waals surface area (Å²) in [6.45, 7) is 7.53. The lowest BCUT2D eigenvalue weighted by atomic mass is 10.2. The summed E-state index contributed by atoms with van der Waals surface area (Å²) in [5.74, 6) is 0.686. The van der Waals surface area contributed by atoms with Crippen LogP contribution in [-0.2, 0) is 6.54 Å². The third kappa shape index (κ3) is 4.16. The third-order valence-electron chi connectivity index (χ3n) is 4.56. The van der Waals surface area contributed by atoms with Crippen molar-refractivity contribution < 1.29 is 4.39 Å². The average Bonchev–Trinajstić information content (AvgIpc) is 3.25. The summed E-state index contributed by atoms with van der Waals surface area (Å²) in [7, 11) is 0. The minimum Gasteiger partial charge on any atom is -0.357 e. The van der Waals surface area contributed by atoms with Crippen LogP contribution in [0.25, 0.3) is 0 Å². The third-order valence-corrected chi connectivity index (χ3v) is 5.20. The van der Waals surface area contributed by atoms with Crippen LogP contribution in [0.15, 0.2) is 39.8 Å². The standard InChI is InChI=1S/C18H24BrFN4/c1-2-21-18(22-12-14-5-6-16(19)17(20)11-14)24-10-7-15(13-24)23-8-3-4-9-23/h3-6,11,15H,2,7-10,12-13H2,1H3,(H,21,22). The molecule has 1 aromatic carbocycles. The van der Waals surface area contributed by atoms with Gasteiger partial charge in [-0.2, -0.15) is 0 Å². The molecule has 0 radical (unpaired) electrons. The number of rotatable bonds is 4. The highest BCUT2D eigenvalue weighted by atomic mass is 79.9. The van der Waals surface area contributed by atoms with E-state index in [4.69, 9.17) is 4.99 Å². The van der Waals surface area contributed by atoms with Crippen molar-refractivity contribution in [2.24, 2.45) is 4.99 Å². The number of nitrogens with zero attached hydrogens (tertiary/aromatic N) is 3. The van der Waals surface area contributed by atoms with Crippen LogP contribution in [-0.4, -0.2) is 54.5 Å². The van der Waals surface area contributed by atoms with Crippen LogP contribution in [0.4, 0.5) is 4.39 Å². The van der Waals surface area contributed by atoms with Crippen molar-refractivity contribution in [1.29, 1.82) is 0 Å². The SMILES string of the molecule is CCNC(=NCc1ccc(Br)c(F)c1)N1CCC(N2CC=CC2)C1. The lowest BCUT2D eigenvalue weighted by Crippen LogP contribution is -2.42. The number of halogens is 2. The fourth-order valence-corrected chi connectivity index (χ4v) is 3.50. The van der Waals surface area contributed by atoms with Gasteiger partial charge in [-0.1, -0.05) is 18.2 Å². The molecule has 0 saturated carbocycles. The van der Waals surface area contributed by atoms with Crippen molar-refractivity contribution in [3.63, 3.8) is 0 Å². The maximum Gasteiger partial charge on any atom is 0.194 e. The second-order valence-electron chi connectivity index (χ2n) is 6.23. The monoisotopic (exact) mass is 394 g/mol. The summed E-state index contributed by atoms with van der Waals surface area (Å²) in [4.78, 5) is 9.54. The summed E-state index contributed by atoms with van der Waals surface area (Å²) >= 11 is 3.19. The number of benzene rings is 1. The maximum atomic E-state index is 13.6. The zero-order chi connectivity index (χ0) is 16.9. The van der Waals surface area contributed by atoms with Crippen molar-refractivity contribution >= 4 is 21.9 Å². The first-order chi connectivity index (χ1) is 11.7. The molecule has 130 valence electrons. The molecule has 1 saturated heterocycles. The summed E-state index contributed by atoms with van der Waals surface area (Å²) in [6.07, 6.45) is 5.65. The van der Waals surface area contributed by atoms with Gasteiger partial charge in [-0.15, -0.1) is 0 Å². The second kappa shape index (κ2) is 8.12. The lowest BCUT2D eigenvalue weighted by molar-refractivity contribution is 0.259. The quantitative estimate of drug-likeness (QED) is 0.483. The Hall–Kier alpha value is -1.40. The van der Waals surface area contributed by atoms with Gasteiger partial charge in [0.15, 0.2) is 5.96 Å². The van der Waals surface area contributed by atoms with Crippen molar-refractivity contribution in [3.8, 4) is 0 Å². The first-order valence-electron chi connectivity index (χ1n) is 8.53. The average molecular weight is 395 g/mol. The molecule has 1 aromatic rings. The zero-order valence-electron chi connectivity index (χ0n) is 14.0. The van der Waals surface area contributed by atoms with Gasteiger partial charge >= 0.3 is 0 Å². The molecule has 1 atom stereocenters. The van der Waals surface area contributed by atoms with Gasteiger partial charge in [-0.05, 0) is 47.0 Å². The summed E-state index contributed by atoms with van der Waals surface area (Å²) in [5.41, 5.74) is 0.880. The van der Waals surface area contributed by atoms with E-state index >= 15 is 0 Å². The molecule has 0 amide bonds. The summed E-state index contributed by atoms with van der Waals surface area (Å²) in [6, 6.07) is 5.77. The van der Waals surface area contributed by atoms with Crippen molar-refractivity contribution in [3.05, 3.63) is 46.2 Å². The van der Waals surface area contributed by atoms with Crippen molar-refractivity contribution in [2.75, 3.05) is 32.7 Å². The fraction of sp³-hybridized carbons (Fsp3) is 0.500. The van der Waals surface area contributed by atoms with Gasteiger partial charge in [-0.25, -0.2) is 9.38 Å². The van der Waals surface area contributed by atoms with E-state index in [1.54, 1.807) is 12.1 Å². The number of nitrogens with one attached hydrogen (secondary N) is 1. The number of hydrogen-bond acceptors (Lipinski definition) is 2. The molecule has 0 spiro atoms. The molecular formula is C18H24BrFN4. The van der Waals surface area contributed by atoms with Gasteiger partial charge in [-0.3, -0.25) is 4.90 Å². The molecule has 3 rings (SSSR count). The van der Waals surface area contributed by atoms with Crippen molar-refractivity contribution in [1.82, 2.24) is 15.1 Å². The van der Waals surface area contributed by atoms with E-state index in [9.17, 15) is 4.39 Å². The number of likely N-dealkylation sites (tertiary alicyclic amines) is 1. The Morgan fingerprint density at radius 2 is 2.17 bits per heavy atom. The Balaban J connectivity index is 1.64. The number of hydrogen-bond donors (Lipinski definition) is 1. The fourth-order valence-electron chi connectivity index (χ4n) is 3.25. The number of aliphatic imine (C=N–C) groups is 1. The van der Waals surface area contributed by atoms with E-state index in [1.807, 2.05) is 6.07 Å². The molecule has 1 fully saturated rings. The Labute approximate surface area is 151 Å². The van der Waals surface area contributed by atoms with Gasteiger partial charge in [0.05, 0.1) is 11.0 Å². The largest absolute Gasteiger partial charge is 0.357 e. The first-order valence-corrected chi connectivity index (χ1v) is 9.33. The highest BCUT2D eigenvalue weighted by Gasteiger charge is 2.29. The molecule has 24 heavy (non-hydrogen) atoms. The van der Waals surface area contributed by atoms with Crippen LogP contribution in [0, 0.1) is 5.82 Å². The molecule has 0 bridgehead atoms. The van der Waals surface area contributed by atoms with Crippen LogP contribution in [0.5, 0.6) is 0 Å². The smallest absolute Gasteiger partial charge is 0.194 e. The predicted molar refractivity (Wildman–Crippen MR) is 99.6 cm³/mol. The molecule has 2 heterocycles. The molecule has 2 aliphatic heterocycles. The highest BCUT2D eigenvalue weighted by molar-refractivity contribution is 9.10. The van der Waals surface area contributed by atoms with E-state index < -0.39 is 0 Å². The Morgan fingerprint density at radius 3 is 2.88 bits per heavy atom. The minimum absolute atomic E-state index is 0.240. The molecule has 1 N–H and O–H groups in total. The minimum atomic E-state index is -0.240. The Kier molecular flexibility index (Phi) is 5.89. The van der Waals surface area contributed by atoms with Gasteiger partial charge in [0.25, 0.3) is 0 Å². The zero-order valence-corrected chi connectivity index (χ0v) is 15.6. The van der Waals surface area contributed by atoms with E-state index in [0.29, 0.717) is 17.1 Å². The molecular weight excluding hydrogens is 371 g/mol. The van der Waals surface area contributed by atoms with Crippen LogP contribution < -0.4 is 5.32 Å². The van der Waals surface area contributed by atoms with Gasteiger partial charge in [0.2, 0.25) is 0 Å². The predicted octanol–water partition coefficient (Wildman–Crippen LogP) is 3.00. The topological polar surface area (TPSA) is 30.9 Å². The normalized spacial score (nSPS) is 21.7. The van der Waals surface area contributed by atoms with Gasteiger partial charge in [0.1, 0.15) is 5.82 Å². The maximum absolute atomic E-state index is 13.6. The molecule has 0 aromatic heterocycles. The van der Waals surface area contributed by atoms with Crippen LogP contribution in [0.2, 0.25) is 0 Å². The van der Waals surface area contributed by atoms with Gasteiger partial charge < -0.3 is 10.2 Å². The van der Waals surface area contributed by atoms with E-state index in [0.717, 1.165) is 44.2 Å². The van der Waals surface area contributed by atoms with Gasteiger partial charge in [0, 0.05) is 38.8 Å². The first kappa shape index (κ1) is 17.4. The van der Waals surface area contributed by atoms with Crippen LogP contribution >= 0.6 is 15.9 Å². The van der Waals surface area contributed by atoms with E-state index in [-0.39, 0.29) is 5.82 Å². The summed E-state index contributed by atoms with van der Waals surface area (Å²) < 4.78 is 14.1.